The molecule has 0 heterocycles. The Hall–Kier alpha value is -1.54. The zero-order valence-electron chi connectivity index (χ0n) is 10.2. The van der Waals surface area contributed by atoms with E-state index < -0.39 is 17.0 Å². The highest BCUT2D eigenvalue weighted by atomic mass is 32.2. The number of aliphatic carboxylic acids is 1. The molecule has 0 aliphatic carbocycles. The van der Waals surface area contributed by atoms with Crippen LogP contribution in [0.1, 0.15) is 25.0 Å². The summed E-state index contributed by atoms with van der Waals surface area (Å²) in [6, 6.07) is 5.94. The number of hydrogen-bond donors (Lipinski definition) is 1. The first-order valence-electron chi connectivity index (χ1n) is 5.48. The van der Waals surface area contributed by atoms with E-state index in [4.69, 9.17) is 10.4 Å². The Kier molecular flexibility index (Phi) is 5.17. The SMILES string of the molecule is CC(C)C(SCc1cc(F)cc(C#N)c1)C(=O)O. The molecule has 96 valence electrons. The molecule has 1 rings (SSSR count). The standard InChI is InChI=1S/C13H14FNO2S/c1-8(2)12(13(16)17)18-7-10-3-9(6-15)4-11(14)5-10/h3-5,8,12H,7H2,1-2H3,(H,16,17). The van der Waals surface area contributed by atoms with Gasteiger partial charge in [0.25, 0.3) is 0 Å². The van der Waals surface area contributed by atoms with Crippen LogP contribution < -0.4 is 0 Å². The van der Waals surface area contributed by atoms with Gasteiger partial charge in [-0.1, -0.05) is 13.8 Å². The maximum atomic E-state index is 13.2. The fourth-order valence-electron chi connectivity index (χ4n) is 1.53. The maximum absolute atomic E-state index is 13.2. The molecule has 1 N–H and O–H groups in total. The van der Waals surface area contributed by atoms with Crippen molar-refractivity contribution in [2.24, 2.45) is 5.92 Å². The van der Waals surface area contributed by atoms with Gasteiger partial charge in [-0.15, -0.1) is 11.8 Å². The molecule has 1 aromatic rings. The molecule has 1 atom stereocenters. The molecule has 0 spiro atoms. The molecule has 0 radical (unpaired) electrons. The van der Waals surface area contributed by atoms with Crippen molar-refractivity contribution in [2.45, 2.75) is 24.9 Å². The second kappa shape index (κ2) is 6.41. The van der Waals surface area contributed by atoms with Gasteiger partial charge in [-0.25, -0.2) is 4.39 Å². The molecule has 0 amide bonds. The zero-order valence-corrected chi connectivity index (χ0v) is 11.0. The first kappa shape index (κ1) is 14.5. The summed E-state index contributed by atoms with van der Waals surface area (Å²) in [6.45, 7) is 3.66. The second-order valence-corrected chi connectivity index (χ2v) is 5.40. The molecule has 0 saturated carbocycles. The Bertz CT molecular complexity index is 482. The number of carboxylic acids is 1. The summed E-state index contributed by atoms with van der Waals surface area (Å²) in [5, 5.41) is 17.2. The van der Waals surface area contributed by atoms with Crippen LogP contribution in [0.25, 0.3) is 0 Å². The normalized spacial score (nSPS) is 12.2. The van der Waals surface area contributed by atoms with E-state index in [1.165, 1.54) is 17.8 Å². The van der Waals surface area contributed by atoms with Crippen molar-refractivity contribution in [3.05, 3.63) is 35.1 Å². The van der Waals surface area contributed by atoms with Gasteiger partial charge in [-0.3, -0.25) is 4.79 Å². The average Bonchev–Trinajstić information content (AvgIpc) is 2.27. The van der Waals surface area contributed by atoms with E-state index in [1.54, 1.807) is 6.07 Å². The van der Waals surface area contributed by atoms with Crippen molar-refractivity contribution in [3.63, 3.8) is 0 Å². The van der Waals surface area contributed by atoms with Gasteiger partial charge >= 0.3 is 5.97 Å². The fourth-order valence-corrected chi connectivity index (χ4v) is 2.60. The monoisotopic (exact) mass is 267 g/mol. The summed E-state index contributed by atoms with van der Waals surface area (Å²) in [5.74, 6) is -0.967. The van der Waals surface area contributed by atoms with Gasteiger partial charge in [-0.05, 0) is 29.7 Å². The number of nitriles is 1. The Balaban J connectivity index is 2.77. The van der Waals surface area contributed by atoms with Gasteiger partial charge in [-0.2, -0.15) is 5.26 Å². The van der Waals surface area contributed by atoms with Crippen molar-refractivity contribution >= 4 is 17.7 Å². The second-order valence-electron chi connectivity index (χ2n) is 4.27. The Morgan fingerprint density at radius 1 is 1.50 bits per heavy atom. The van der Waals surface area contributed by atoms with Crippen molar-refractivity contribution in [1.82, 2.24) is 0 Å². The molecule has 0 bridgehead atoms. The van der Waals surface area contributed by atoms with Crippen molar-refractivity contribution in [2.75, 3.05) is 0 Å². The summed E-state index contributed by atoms with van der Waals surface area (Å²) in [7, 11) is 0. The minimum absolute atomic E-state index is 0.00324. The van der Waals surface area contributed by atoms with Crippen LogP contribution in [0.3, 0.4) is 0 Å². The van der Waals surface area contributed by atoms with Crippen LogP contribution >= 0.6 is 11.8 Å². The van der Waals surface area contributed by atoms with Crippen molar-refractivity contribution in [3.8, 4) is 6.07 Å². The smallest absolute Gasteiger partial charge is 0.316 e. The summed E-state index contributed by atoms with van der Waals surface area (Å²) < 4.78 is 13.2. The van der Waals surface area contributed by atoms with E-state index in [-0.39, 0.29) is 11.5 Å². The van der Waals surface area contributed by atoms with E-state index in [1.807, 2.05) is 19.9 Å². The van der Waals surface area contributed by atoms with Crippen molar-refractivity contribution in [1.29, 1.82) is 5.26 Å². The van der Waals surface area contributed by atoms with Gasteiger partial charge < -0.3 is 5.11 Å². The largest absolute Gasteiger partial charge is 0.480 e. The Morgan fingerprint density at radius 3 is 2.67 bits per heavy atom. The van der Waals surface area contributed by atoms with Gasteiger partial charge in [0.1, 0.15) is 11.1 Å². The summed E-state index contributed by atoms with van der Waals surface area (Å²) in [4.78, 5) is 11.0. The fraction of sp³-hybridized carbons (Fsp3) is 0.385. The molecular formula is C13H14FNO2S. The van der Waals surface area contributed by atoms with Gasteiger partial charge in [0.05, 0.1) is 11.6 Å². The molecule has 1 aromatic carbocycles. The van der Waals surface area contributed by atoms with Crippen molar-refractivity contribution < 1.29 is 14.3 Å². The first-order valence-corrected chi connectivity index (χ1v) is 6.53. The van der Waals surface area contributed by atoms with E-state index in [9.17, 15) is 9.18 Å². The molecule has 0 aliphatic rings. The van der Waals surface area contributed by atoms with Crippen LogP contribution in [-0.4, -0.2) is 16.3 Å². The quantitative estimate of drug-likeness (QED) is 0.890. The highest BCUT2D eigenvalue weighted by Gasteiger charge is 2.21. The molecule has 1 unspecified atom stereocenters. The molecular weight excluding hydrogens is 253 g/mol. The topological polar surface area (TPSA) is 61.1 Å². The van der Waals surface area contributed by atoms with Crippen LogP contribution in [-0.2, 0) is 10.5 Å². The van der Waals surface area contributed by atoms with Gasteiger partial charge in [0.2, 0.25) is 0 Å². The van der Waals surface area contributed by atoms with Crippen LogP contribution in [0.4, 0.5) is 4.39 Å². The molecule has 5 heteroatoms. The lowest BCUT2D eigenvalue weighted by atomic mass is 10.1. The Morgan fingerprint density at radius 2 is 2.17 bits per heavy atom. The van der Waals surface area contributed by atoms with E-state index in [0.29, 0.717) is 11.3 Å². The third-order valence-corrected chi connectivity index (χ3v) is 3.97. The number of halogens is 1. The molecule has 0 fully saturated rings. The number of carboxylic acid groups (broad SMARTS) is 1. The molecule has 18 heavy (non-hydrogen) atoms. The Labute approximate surface area is 110 Å². The van der Waals surface area contributed by atoms with Crippen LogP contribution in [0.15, 0.2) is 18.2 Å². The highest BCUT2D eigenvalue weighted by Crippen LogP contribution is 2.24. The van der Waals surface area contributed by atoms with E-state index in [0.717, 1.165) is 6.07 Å². The predicted octanol–water partition coefficient (Wildman–Crippen LogP) is 3.04. The van der Waals surface area contributed by atoms with Crippen LogP contribution in [0, 0.1) is 23.1 Å². The molecule has 0 saturated heterocycles. The van der Waals surface area contributed by atoms with E-state index in [2.05, 4.69) is 0 Å². The summed E-state index contributed by atoms with van der Waals surface area (Å²) >= 11 is 1.24. The third-order valence-electron chi connectivity index (χ3n) is 2.37. The first-order chi connectivity index (χ1) is 8.43. The molecule has 0 aromatic heterocycles. The number of hydrogen-bond acceptors (Lipinski definition) is 3. The number of rotatable bonds is 5. The summed E-state index contributed by atoms with van der Waals surface area (Å²) in [6.07, 6.45) is 0. The van der Waals surface area contributed by atoms with Crippen LogP contribution in [0.2, 0.25) is 0 Å². The summed E-state index contributed by atoms with van der Waals surface area (Å²) in [5.41, 5.74) is 0.880. The highest BCUT2D eigenvalue weighted by molar-refractivity contribution is 7.99. The lowest BCUT2D eigenvalue weighted by molar-refractivity contribution is -0.137. The minimum Gasteiger partial charge on any atom is -0.480 e. The minimum atomic E-state index is -0.869. The zero-order chi connectivity index (χ0) is 13.7. The average molecular weight is 267 g/mol. The van der Waals surface area contributed by atoms with E-state index >= 15 is 0 Å². The lowest BCUT2D eigenvalue weighted by Crippen LogP contribution is -2.22. The number of benzene rings is 1. The van der Waals surface area contributed by atoms with Gasteiger partial charge in [0, 0.05) is 5.75 Å². The lowest BCUT2D eigenvalue weighted by Gasteiger charge is -2.15. The van der Waals surface area contributed by atoms with Gasteiger partial charge in [0.15, 0.2) is 0 Å². The number of nitrogens with zero attached hydrogens (tertiary/aromatic N) is 1. The molecule has 3 nitrogen and oxygen atoms in total. The number of thioether (sulfide) groups is 1. The number of carbonyl (C=O) groups is 1. The molecule has 0 aliphatic heterocycles. The predicted molar refractivity (Wildman–Crippen MR) is 68.7 cm³/mol. The maximum Gasteiger partial charge on any atom is 0.316 e. The van der Waals surface area contributed by atoms with Crippen LogP contribution in [0.5, 0.6) is 0 Å². The third kappa shape index (κ3) is 4.04.